The Kier molecular flexibility index (Phi) is 5.06. The first-order valence-corrected chi connectivity index (χ1v) is 12.2. The van der Waals surface area contributed by atoms with Crippen LogP contribution in [0.15, 0.2) is 30.8 Å². The largest absolute Gasteiger partial charge is 0.443 e. The molecule has 0 unspecified atom stereocenters. The quantitative estimate of drug-likeness (QED) is 0.591. The molecule has 0 radical (unpaired) electrons. The molecule has 1 heterocycles. The predicted molar refractivity (Wildman–Crippen MR) is 115 cm³/mol. The first-order chi connectivity index (χ1) is 11.7. The van der Waals surface area contributed by atoms with Crippen molar-refractivity contribution < 1.29 is 9.53 Å². The summed E-state index contributed by atoms with van der Waals surface area (Å²) in [6, 6.07) is 8.07. The molecule has 0 saturated heterocycles. The van der Waals surface area contributed by atoms with Crippen LogP contribution < -0.4 is 5.32 Å². The maximum absolute atomic E-state index is 13.2. The molecule has 0 atom stereocenters. The average Bonchev–Trinajstić information content (AvgIpc) is 2.79. The third kappa shape index (κ3) is 3.52. The van der Waals surface area contributed by atoms with Crippen LogP contribution in [0.1, 0.15) is 54.0 Å². The van der Waals surface area contributed by atoms with Gasteiger partial charge in [-0.2, -0.15) is 0 Å². The number of para-hydroxylation sites is 1. The van der Waals surface area contributed by atoms with Gasteiger partial charge in [0.25, 0.3) is 0 Å². The summed E-state index contributed by atoms with van der Waals surface area (Å²) in [4.78, 5) is 13.2. The summed E-state index contributed by atoms with van der Waals surface area (Å²) in [5.74, 6) is 0. The highest BCUT2D eigenvalue weighted by atomic mass is 28.3. The van der Waals surface area contributed by atoms with E-state index >= 15 is 0 Å². The zero-order valence-corrected chi connectivity index (χ0v) is 18.8. The smallest absolute Gasteiger partial charge is 0.418 e. The zero-order valence-electron chi connectivity index (χ0n) is 17.8. The highest BCUT2D eigenvalue weighted by Crippen LogP contribution is 2.39. The molecule has 4 heteroatoms. The Morgan fingerprint density at radius 3 is 2.08 bits per heavy atom. The third-order valence-electron chi connectivity index (χ3n) is 5.34. The lowest BCUT2D eigenvalue weighted by molar-refractivity contribution is 0.0549. The molecule has 2 aromatic rings. The van der Waals surface area contributed by atoms with E-state index in [9.17, 15) is 4.79 Å². The summed E-state index contributed by atoms with van der Waals surface area (Å²) in [6.07, 6.45) is -0.305. The lowest BCUT2D eigenvalue weighted by atomic mass is 10.1. The fourth-order valence-corrected chi connectivity index (χ4v) is 5.57. The summed E-state index contributed by atoms with van der Waals surface area (Å²) < 4.78 is 7.61. The minimum atomic E-state index is -2.05. The summed E-state index contributed by atoms with van der Waals surface area (Å²) in [5.41, 5.74) is 2.46. The molecule has 0 N–H and O–H groups in total. The van der Waals surface area contributed by atoms with Crippen LogP contribution in [-0.2, 0) is 4.74 Å². The highest BCUT2D eigenvalue weighted by molar-refractivity contribution is 6.92. The minimum absolute atomic E-state index is 0.0747. The van der Waals surface area contributed by atoms with Gasteiger partial charge >= 0.3 is 6.09 Å². The first kappa shape index (κ1) is 20.5. The van der Waals surface area contributed by atoms with E-state index in [1.807, 2.05) is 50.5 Å². The van der Waals surface area contributed by atoms with Gasteiger partial charge < -0.3 is 4.74 Å². The van der Waals surface area contributed by atoms with Gasteiger partial charge in [0.2, 0.25) is 0 Å². The van der Waals surface area contributed by atoms with E-state index < -0.39 is 13.7 Å². The maximum Gasteiger partial charge on any atom is 0.418 e. The van der Waals surface area contributed by atoms with Crippen LogP contribution in [-0.4, -0.2) is 24.3 Å². The molecule has 0 aliphatic heterocycles. The normalized spacial score (nSPS) is 13.1. The van der Waals surface area contributed by atoms with Gasteiger partial charge in [0.15, 0.2) is 0 Å². The number of allylic oxidation sites excluding steroid dienone is 1. The van der Waals surface area contributed by atoms with Gasteiger partial charge in [0, 0.05) is 16.3 Å². The molecule has 0 amide bonds. The van der Waals surface area contributed by atoms with Crippen molar-refractivity contribution in [2.75, 3.05) is 0 Å². The topological polar surface area (TPSA) is 31.2 Å². The SMILES string of the molecule is C=C(C)c1c([Si](C)(C)C(C)(C)C)n(C(=O)OC(C)(C)C)c2ccccc12. The second-order valence-corrected chi connectivity index (χ2v) is 14.9. The number of hydrogen-bond acceptors (Lipinski definition) is 2. The van der Waals surface area contributed by atoms with Crippen molar-refractivity contribution in [3.8, 4) is 0 Å². The lowest BCUT2D eigenvalue weighted by Crippen LogP contribution is -2.55. The van der Waals surface area contributed by atoms with Gasteiger partial charge in [-0.05, 0) is 44.4 Å². The highest BCUT2D eigenvalue weighted by Gasteiger charge is 2.43. The second-order valence-electron chi connectivity index (χ2n) is 9.71. The number of carbonyl (C=O) groups excluding carboxylic acids is 1. The molecule has 1 aromatic heterocycles. The molecule has 1 aromatic carbocycles. The lowest BCUT2D eigenvalue weighted by Gasteiger charge is -2.38. The Labute approximate surface area is 159 Å². The van der Waals surface area contributed by atoms with Crippen LogP contribution in [0.3, 0.4) is 0 Å². The molecule has 26 heavy (non-hydrogen) atoms. The molecule has 0 aliphatic carbocycles. The number of benzene rings is 1. The average molecular weight is 372 g/mol. The third-order valence-corrected chi connectivity index (χ3v) is 10.8. The van der Waals surface area contributed by atoms with Gasteiger partial charge in [-0.15, -0.1) is 0 Å². The standard InChI is InChI=1S/C22H33NO2Si/c1-15(2)18-16-13-11-12-14-17(16)23(20(24)25-21(3,4)5)19(18)26(9,10)22(6,7)8/h11-14H,1H2,2-10H3. The molecule has 142 valence electrons. The molecule has 0 fully saturated rings. The summed E-state index contributed by atoms with van der Waals surface area (Å²) >= 11 is 0. The fraction of sp³-hybridized carbons (Fsp3) is 0.500. The Morgan fingerprint density at radius 1 is 1.08 bits per heavy atom. The van der Waals surface area contributed by atoms with Crippen LogP contribution in [0.5, 0.6) is 0 Å². The van der Waals surface area contributed by atoms with Crippen LogP contribution >= 0.6 is 0 Å². The van der Waals surface area contributed by atoms with E-state index in [0.717, 1.165) is 27.4 Å². The monoisotopic (exact) mass is 371 g/mol. The molecule has 0 bridgehead atoms. The van der Waals surface area contributed by atoms with E-state index in [1.165, 1.54) is 0 Å². The molecule has 0 spiro atoms. The van der Waals surface area contributed by atoms with Gasteiger partial charge in [-0.1, -0.05) is 58.6 Å². The Balaban J connectivity index is 2.96. The Morgan fingerprint density at radius 2 is 1.62 bits per heavy atom. The van der Waals surface area contributed by atoms with Crippen molar-refractivity contribution in [1.82, 2.24) is 4.57 Å². The molecule has 0 aliphatic rings. The van der Waals surface area contributed by atoms with Gasteiger partial charge in [0.1, 0.15) is 13.7 Å². The van der Waals surface area contributed by atoms with E-state index in [4.69, 9.17) is 4.74 Å². The zero-order chi connectivity index (χ0) is 20.1. The number of aromatic nitrogens is 1. The van der Waals surface area contributed by atoms with Crippen molar-refractivity contribution in [1.29, 1.82) is 0 Å². The first-order valence-electron chi connectivity index (χ1n) is 9.21. The number of fused-ring (bicyclic) bond motifs is 1. The van der Waals surface area contributed by atoms with Crippen LogP contribution in [0.25, 0.3) is 16.5 Å². The summed E-state index contributed by atoms with van der Waals surface area (Å²) in [5, 5.41) is 2.25. The van der Waals surface area contributed by atoms with Crippen molar-refractivity contribution in [2.24, 2.45) is 0 Å². The molecule has 2 rings (SSSR count). The van der Waals surface area contributed by atoms with Gasteiger partial charge in [0.05, 0.1) is 5.52 Å². The van der Waals surface area contributed by atoms with E-state index in [1.54, 1.807) is 0 Å². The van der Waals surface area contributed by atoms with E-state index in [-0.39, 0.29) is 11.1 Å². The van der Waals surface area contributed by atoms with Crippen molar-refractivity contribution in [2.45, 2.75) is 72.2 Å². The predicted octanol–water partition coefficient (Wildman–Crippen LogP) is 6.17. The summed E-state index contributed by atoms with van der Waals surface area (Å²) in [7, 11) is -2.05. The number of rotatable bonds is 2. The summed E-state index contributed by atoms with van der Waals surface area (Å²) in [6.45, 7) is 23.4. The maximum atomic E-state index is 13.2. The number of hydrogen-bond donors (Lipinski definition) is 0. The molecule has 0 saturated carbocycles. The minimum Gasteiger partial charge on any atom is -0.443 e. The van der Waals surface area contributed by atoms with Crippen molar-refractivity contribution in [3.63, 3.8) is 0 Å². The second kappa shape index (κ2) is 6.41. The van der Waals surface area contributed by atoms with E-state index in [2.05, 4.69) is 46.5 Å². The van der Waals surface area contributed by atoms with Crippen LogP contribution in [0.2, 0.25) is 18.1 Å². The van der Waals surface area contributed by atoms with Crippen LogP contribution in [0.4, 0.5) is 4.79 Å². The van der Waals surface area contributed by atoms with Crippen LogP contribution in [0, 0.1) is 0 Å². The van der Waals surface area contributed by atoms with Crippen molar-refractivity contribution in [3.05, 3.63) is 36.4 Å². The Hall–Kier alpha value is -1.81. The number of nitrogens with zero attached hydrogens (tertiary/aromatic N) is 1. The molecular formula is C22H33NO2Si. The Bertz CT molecular complexity index is 861. The molecular weight excluding hydrogens is 338 g/mol. The number of ether oxygens (including phenoxy) is 1. The number of carbonyl (C=O) groups is 1. The van der Waals surface area contributed by atoms with Crippen molar-refractivity contribution >= 4 is 36.0 Å². The van der Waals surface area contributed by atoms with Gasteiger partial charge in [-0.3, -0.25) is 4.57 Å². The molecule has 3 nitrogen and oxygen atoms in total. The van der Waals surface area contributed by atoms with E-state index in [0.29, 0.717) is 0 Å². The van der Waals surface area contributed by atoms with Gasteiger partial charge in [-0.25, -0.2) is 4.79 Å². The fourth-order valence-electron chi connectivity index (χ4n) is 3.12.